The molecule has 78 valence electrons. The summed E-state index contributed by atoms with van der Waals surface area (Å²) in [7, 11) is 0. The van der Waals surface area contributed by atoms with E-state index in [9.17, 15) is 4.79 Å². The van der Waals surface area contributed by atoms with Crippen molar-refractivity contribution >= 4 is 5.91 Å². The van der Waals surface area contributed by atoms with Gasteiger partial charge in [0.25, 0.3) is 0 Å². The van der Waals surface area contributed by atoms with Crippen LogP contribution in [0.15, 0.2) is 0 Å². The highest BCUT2D eigenvalue weighted by Gasteiger charge is 2.33. The van der Waals surface area contributed by atoms with Crippen LogP contribution in [-0.4, -0.2) is 24.5 Å². The topological polar surface area (TPSA) is 64.9 Å². The molecule has 0 aromatic carbocycles. The van der Waals surface area contributed by atoms with Crippen molar-refractivity contribution in [1.29, 1.82) is 5.26 Å². The second-order valence-corrected chi connectivity index (χ2v) is 4.12. The van der Waals surface area contributed by atoms with Gasteiger partial charge in [-0.15, -0.1) is 0 Å². The van der Waals surface area contributed by atoms with Crippen LogP contribution in [0.25, 0.3) is 0 Å². The molecule has 0 aliphatic carbocycles. The van der Waals surface area contributed by atoms with Gasteiger partial charge >= 0.3 is 0 Å². The van der Waals surface area contributed by atoms with Crippen LogP contribution in [0.1, 0.15) is 26.7 Å². The van der Waals surface area contributed by atoms with Crippen LogP contribution >= 0.6 is 0 Å². The number of nitriles is 1. The normalized spacial score (nSPS) is 27.0. The lowest BCUT2D eigenvalue weighted by Gasteiger charge is -2.32. The zero-order valence-corrected chi connectivity index (χ0v) is 8.76. The van der Waals surface area contributed by atoms with E-state index in [0.717, 1.165) is 19.4 Å². The van der Waals surface area contributed by atoms with Gasteiger partial charge in [-0.1, -0.05) is 13.8 Å². The van der Waals surface area contributed by atoms with Gasteiger partial charge in [-0.3, -0.25) is 4.79 Å². The van der Waals surface area contributed by atoms with Crippen molar-refractivity contribution in [2.45, 2.75) is 32.2 Å². The Morgan fingerprint density at radius 2 is 2.36 bits per heavy atom. The maximum Gasteiger partial charge on any atom is 0.223 e. The summed E-state index contributed by atoms with van der Waals surface area (Å²) in [4.78, 5) is 11.5. The monoisotopic (exact) mass is 195 g/mol. The van der Waals surface area contributed by atoms with E-state index >= 15 is 0 Å². The summed E-state index contributed by atoms with van der Waals surface area (Å²) in [5.41, 5.74) is -0.681. The summed E-state index contributed by atoms with van der Waals surface area (Å²) in [5.74, 6) is -0.114. The number of carbonyl (C=O) groups excluding carboxylic acids is 1. The minimum absolute atomic E-state index is 0.0461. The molecule has 0 spiro atoms. The van der Waals surface area contributed by atoms with Crippen LogP contribution in [0.3, 0.4) is 0 Å². The number of rotatable bonds is 2. The van der Waals surface area contributed by atoms with Crippen molar-refractivity contribution in [3.63, 3.8) is 0 Å². The maximum absolute atomic E-state index is 11.5. The Labute approximate surface area is 84.7 Å². The van der Waals surface area contributed by atoms with Crippen molar-refractivity contribution in [1.82, 2.24) is 10.6 Å². The van der Waals surface area contributed by atoms with E-state index in [0.29, 0.717) is 6.54 Å². The molecule has 0 bridgehead atoms. The number of carbonyl (C=O) groups is 1. The van der Waals surface area contributed by atoms with Gasteiger partial charge in [0.2, 0.25) is 5.91 Å². The van der Waals surface area contributed by atoms with Gasteiger partial charge in [0.15, 0.2) is 0 Å². The van der Waals surface area contributed by atoms with E-state index in [1.54, 1.807) is 0 Å². The average Bonchev–Trinajstić information content (AvgIpc) is 2.19. The molecule has 1 aliphatic rings. The van der Waals surface area contributed by atoms with Crippen molar-refractivity contribution in [2.24, 2.45) is 5.92 Å². The molecule has 1 aliphatic heterocycles. The molecule has 14 heavy (non-hydrogen) atoms. The van der Waals surface area contributed by atoms with Crippen LogP contribution in [-0.2, 0) is 4.79 Å². The highest BCUT2D eigenvalue weighted by molar-refractivity contribution is 5.79. The van der Waals surface area contributed by atoms with Crippen LogP contribution in [0.5, 0.6) is 0 Å². The van der Waals surface area contributed by atoms with Gasteiger partial charge in [0.05, 0.1) is 6.07 Å². The Kier molecular flexibility index (Phi) is 3.48. The lowest BCUT2D eigenvalue weighted by atomic mass is 9.91. The van der Waals surface area contributed by atoms with E-state index < -0.39 is 5.54 Å². The minimum atomic E-state index is -0.681. The van der Waals surface area contributed by atoms with Gasteiger partial charge in [-0.05, 0) is 19.4 Å². The molecule has 1 saturated heterocycles. The molecule has 0 radical (unpaired) electrons. The number of hydrogen-bond donors (Lipinski definition) is 2. The van der Waals surface area contributed by atoms with Crippen LogP contribution < -0.4 is 10.6 Å². The summed E-state index contributed by atoms with van der Waals surface area (Å²) < 4.78 is 0. The molecule has 0 saturated carbocycles. The summed E-state index contributed by atoms with van der Waals surface area (Å²) in [6, 6.07) is 2.21. The highest BCUT2D eigenvalue weighted by Crippen LogP contribution is 2.15. The fourth-order valence-electron chi connectivity index (χ4n) is 1.52. The average molecular weight is 195 g/mol. The fraction of sp³-hybridized carbons (Fsp3) is 0.800. The molecular formula is C10H17N3O. The lowest BCUT2D eigenvalue weighted by Crippen LogP contribution is -2.57. The van der Waals surface area contributed by atoms with Gasteiger partial charge < -0.3 is 10.6 Å². The lowest BCUT2D eigenvalue weighted by molar-refractivity contribution is -0.125. The number of nitrogens with one attached hydrogen (secondary N) is 2. The molecule has 1 heterocycles. The summed E-state index contributed by atoms with van der Waals surface area (Å²) in [5, 5.41) is 15.0. The molecule has 1 rings (SSSR count). The first-order valence-corrected chi connectivity index (χ1v) is 5.04. The Bertz CT molecular complexity index is 249. The molecule has 1 amide bonds. The first-order chi connectivity index (χ1) is 6.59. The SMILES string of the molecule is CC(C)C(=O)NC1(C#N)CCCNC1. The first kappa shape index (κ1) is 11.0. The van der Waals surface area contributed by atoms with E-state index in [1.807, 2.05) is 13.8 Å². The van der Waals surface area contributed by atoms with Gasteiger partial charge in [0.1, 0.15) is 5.54 Å². The van der Waals surface area contributed by atoms with Crippen molar-refractivity contribution in [3.8, 4) is 6.07 Å². The predicted octanol–water partition coefficient (Wildman–Crippen LogP) is 0.404. The number of piperidine rings is 1. The zero-order valence-electron chi connectivity index (χ0n) is 8.76. The van der Waals surface area contributed by atoms with E-state index in [4.69, 9.17) is 5.26 Å². The van der Waals surface area contributed by atoms with Gasteiger partial charge in [0, 0.05) is 12.5 Å². The molecule has 1 atom stereocenters. The van der Waals surface area contributed by atoms with Crippen LogP contribution in [0.4, 0.5) is 0 Å². The van der Waals surface area contributed by atoms with Gasteiger partial charge in [-0.25, -0.2) is 0 Å². The molecule has 1 fully saturated rings. The van der Waals surface area contributed by atoms with Crippen molar-refractivity contribution < 1.29 is 4.79 Å². The second kappa shape index (κ2) is 4.43. The first-order valence-electron chi connectivity index (χ1n) is 5.04. The van der Waals surface area contributed by atoms with Gasteiger partial charge in [-0.2, -0.15) is 5.26 Å². The Hall–Kier alpha value is -1.08. The molecule has 2 N–H and O–H groups in total. The summed E-state index contributed by atoms with van der Waals surface area (Å²) in [6.45, 7) is 5.15. The number of amides is 1. The maximum atomic E-state index is 11.5. The molecule has 4 nitrogen and oxygen atoms in total. The molecular weight excluding hydrogens is 178 g/mol. The summed E-state index contributed by atoms with van der Waals surface area (Å²) >= 11 is 0. The molecule has 0 aromatic rings. The number of nitrogens with zero attached hydrogens (tertiary/aromatic N) is 1. The minimum Gasteiger partial charge on any atom is -0.337 e. The van der Waals surface area contributed by atoms with E-state index in [2.05, 4.69) is 16.7 Å². The predicted molar refractivity (Wildman–Crippen MR) is 53.4 cm³/mol. The third-order valence-corrected chi connectivity index (χ3v) is 2.48. The smallest absolute Gasteiger partial charge is 0.223 e. The summed E-state index contributed by atoms with van der Waals surface area (Å²) in [6.07, 6.45) is 1.68. The Balaban J connectivity index is 2.62. The van der Waals surface area contributed by atoms with Crippen LogP contribution in [0.2, 0.25) is 0 Å². The standard InChI is InChI=1S/C10H17N3O/c1-8(2)9(14)13-10(6-11)4-3-5-12-7-10/h8,12H,3-5,7H2,1-2H3,(H,13,14). The Morgan fingerprint density at radius 1 is 1.64 bits per heavy atom. The number of hydrogen-bond acceptors (Lipinski definition) is 3. The van der Waals surface area contributed by atoms with Crippen molar-refractivity contribution in [2.75, 3.05) is 13.1 Å². The molecule has 0 aromatic heterocycles. The highest BCUT2D eigenvalue weighted by atomic mass is 16.2. The molecule has 4 heteroatoms. The third kappa shape index (κ3) is 2.46. The third-order valence-electron chi connectivity index (χ3n) is 2.48. The van der Waals surface area contributed by atoms with E-state index in [-0.39, 0.29) is 11.8 Å². The van der Waals surface area contributed by atoms with E-state index in [1.165, 1.54) is 0 Å². The fourth-order valence-corrected chi connectivity index (χ4v) is 1.52. The largest absolute Gasteiger partial charge is 0.337 e. The Morgan fingerprint density at radius 3 is 2.79 bits per heavy atom. The second-order valence-electron chi connectivity index (χ2n) is 4.12. The molecule has 1 unspecified atom stereocenters. The zero-order chi connectivity index (χ0) is 10.6. The quantitative estimate of drug-likeness (QED) is 0.670. The van der Waals surface area contributed by atoms with Crippen LogP contribution in [0, 0.1) is 17.2 Å². The van der Waals surface area contributed by atoms with Crippen molar-refractivity contribution in [3.05, 3.63) is 0 Å².